The van der Waals surface area contributed by atoms with Crippen LogP contribution in [0.1, 0.15) is 34.9 Å². The van der Waals surface area contributed by atoms with Gasteiger partial charge in [0, 0.05) is 17.8 Å². The third-order valence-electron chi connectivity index (χ3n) is 3.90. The minimum absolute atomic E-state index is 0.0166. The first-order valence-corrected chi connectivity index (χ1v) is 7.80. The van der Waals surface area contributed by atoms with Crippen molar-refractivity contribution in [2.75, 3.05) is 13.1 Å². The average Bonchev–Trinajstić information content (AvgIpc) is 2.99. The molecule has 1 fully saturated rings. The van der Waals surface area contributed by atoms with Crippen LogP contribution in [0.3, 0.4) is 0 Å². The second-order valence-corrected chi connectivity index (χ2v) is 6.05. The fourth-order valence-corrected chi connectivity index (χ4v) is 3.07. The molecule has 1 aromatic carbocycles. The highest BCUT2D eigenvalue weighted by Gasteiger charge is 2.21. The Morgan fingerprint density at radius 2 is 1.90 bits per heavy atom. The van der Waals surface area contributed by atoms with Gasteiger partial charge in [-0.15, -0.1) is 0 Å². The number of piperidine rings is 1. The first-order valence-electron chi connectivity index (χ1n) is 7.04. The summed E-state index contributed by atoms with van der Waals surface area (Å²) in [5.41, 5.74) is 1.28. The van der Waals surface area contributed by atoms with Gasteiger partial charge in [0.2, 0.25) is 5.78 Å². The van der Waals surface area contributed by atoms with Crippen molar-refractivity contribution in [3.05, 3.63) is 57.8 Å². The maximum Gasteiger partial charge on any atom is 0.209 e. The molecule has 2 heterocycles. The van der Waals surface area contributed by atoms with Crippen molar-refractivity contribution in [3.8, 4) is 0 Å². The van der Waals surface area contributed by atoms with E-state index >= 15 is 0 Å². The molecule has 110 valence electrons. The van der Waals surface area contributed by atoms with E-state index in [4.69, 9.17) is 23.2 Å². The topological polar surface area (TPSA) is 34.0 Å². The highest BCUT2D eigenvalue weighted by atomic mass is 35.5. The molecule has 0 amide bonds. The Balaban J connectivity index is 1.91. The number of halogens is 2. The molecule has 3 rings (SSSR count). The normalized spacial score (nSPS) is 16.1. The summed E-state index contributed by atoms with van der Waals surface area (Å²) in [5.74, 6) is -0.0166. The van der Waals surface area contributed by atoms with Crippen molar-refractivity contribution < 1.29 is 4.79 Å². The van der Waals surface area contributed by atoms with Gasteiger partial charge >= 0.3 is 0 Å². The number of rotatable bonds is 3. The largest absolute Gasteiger partial charge is 0.342 e. The summed E-state index contributed by atoms with van der Waals surface area (Å²) in [6.45, 7) is 1.98. The van der Waals surface area contributed by atoms with Gasteiger partial charge in [-0.2, -0.15) is 0 Å². The molecule has 1 aliphatic heterocycles. The minimum atomic E-state index is -0.0166. The molecule has 1 aliphatic rings. The SMILES string of the molecule is O=C(c1ccc(Cl)c(Cl)c1)c1cccn1C1CCNCC1. The molecule has 2 aromatic rings. The van der Waals surface area contributed by atoms with Crippen LogP contribution < -0.4 is 5.32 Å². The fraction of sp³-hybridized carbons (Fsp3) is 0.312. The number of hydrogen-bond acceptors (Lipinski definition) is 2. The third kappa shape index (κ3) is 3.00. The van der Waals surface area contributed by atoms with Crippen LogP contribution in [-0.4, -0.2) is 23.4 Å². The van der Waals surface area contributed by atoms with E-state index in [1.165, 1.54) is 0 Å². The first-order chi connectivity index (χ1) is 10.2. The van der Waals surface area contributed by atoms with E-state index in [0.29, 0.717) is 27.3 Å². The quantitative estimate of drug-likeness (QED) is 0.868. The predicted molar refractivity (Wildman–Crippen MR) is 85.5 cm³/mol. The van der Waals surface area contributed by atoms with Crippen LogP contribution in [0.4, 0.5) is 0 Å². The summed E-state index contributed by atoms with van der Waals surface area (Å²) >= 11 is 11.9. The van der Waals surface area contributed by atoms with E-state index in [-0.39, 0.29) is 5.78 Å². The van der Waals surface area contributed by atoms with E-state index in [2.05, 4.69) is 9.88 Å². The van der Waals surface area contributed by atoms with E-state index in [0.717, 1.165) is 25.9 Å². The number of nitrogens with zero attached hydrogens (tertiary/aromatic N) is 1. The molecule has 0 bridgehead atoms. The van der Waals surface area contributed by atoms with Gasteiger partial charge < -0.3 is 9.88 Å². The number of hydrogen-bond donors (Lipinski definition) is 1. The average molecular weight is 323 g/mol. The first kappa shape index (κ1) is 14.6. The monoisotopic (exact) mass is 322 g/mol. The standard InChI is InChI=1S/C16H16Cl2N2O/c17-13-4-3-11(10-14(13)18)16(21)15-2-1-9-20(15)12-5-7-19-8-6-12/h1-4,9-10,12,19H,5-8H2. The van der Waals surface area contributed by atoms with Crippen LogP contribution in [0.2, 0.25) is 10.0 Å². The Labute approximate surface area is 133 Å². The van der Waals surface area contributed by atoms with Crippen LogP contribution in [-0.2, 0) is 0 Å². The van der Waals surface area contributed by atoms with Gasteiger partial charge in [-0.05, 0) is 56.3 Å². The molecule has 0 radical (unpaired) electrons. The summed E-state index contributed by atoms with van der Waals surface area (Å²) in [6, 6.07) is 9.18. The van der Waals surface area contributed by atoms with Crippen molar-refractivity contribution in [1.82, 2.24) is 9.88 Å². The fourth-order valence-electron chi connectivity index (χ4n) is 2.77. The molecule has 0 aliphatic carbocycles. The third-order valence-corrected chi connectivity index (χ3v) is 4.63. The lowest BCUT2D eigenvalue weighted by molar-refractivity contribution is 0.102. The molecule has 1 N–H and O–H groups in total. The van der Waals surface area contributed by atoms with E-state index in [1.807, 2.05) is 18.3 Å². The van der Waals surface area contributed by atoms with Crippen LogP contribution in [0, 0.1) is 0 Å². The maximum absolute atomic E-state index is 12.7. The molecular weight excluding hydrogens is 307 g/mol. The Morgan fingerprint density at radius 3 is 2.62 bits per heavy atom. The number of nitrogens with one attached hydrogen (secondary N) is 1. The van der Waals surface area contributed by atoms with Gasteiger partial charge in [0.15, 0.2) is 0 Å². The Morgan fingerprint density at radius 1 is 1.14 bits per heavy atom. The number of aromatic nitrogens is 1. The van der Waals surface area contributed by atoms with Crippen LogP contribution >= 0.6 is 23.2 Å². The number of benzene rings is 1. The second-order valence-electron chi connectivity index (χ2n) is 5.24. The summed E-state index contributed by atoms with van der Waals surface area (Å²) in [7, 11) is 0. The molecular formula is C16H16Cl2N2O. The van der Waals surface area contributed by atoms with Crippen LogP contribution in [0.25, 0.3) is 0 Å². The van der Waals surface area contributed by atoms with Gasteiger partial charge in [-0.25, -0.2) is 0 Å². The zero-order valence-corrected chi connectivity index (χ0v) is 13.0. The molecule has 0 atom stereocenters. The summed E-state index contributed by atoms with van der Waals surface area (Å²) in [5, 5.41) is 4.21. The zero-order chi connectivity index (χ0) is 14.8. The number of carbonyl (C=O) groups is 1. The maximum atomic E-state index is 12.7. The highest BCUT2D eigenvalue weighted by Crippen LogP contribution is 2.26. The van der Waals surface area contributed by atoms with Gasteiger partial charge in [-0.1, -0.05) is 23.2 Å². The van der Waals surface area contributed by atoms with Gasteiger partial charge in [0.05, 0.1) is 15.7 Å². The molecule has 1 saturated heterocycles. The van der Waals surface area contributed by atoms with Crippen molar-refractivity contribution in [2.45, 2.75) is 18.9 Å². The molecule has 0 saturated carbocycles. The smallest absolute Gasteiger partial charge is 0.209 e. The Bertz CT molecular complexity index is 660. The number of carbonyl (C=O) groups excluding carboxylic acids is 1. The zero-order valence-electron chi connectivity index (χ0n) is 11.5. The minimum Gasteiger partial charge on any atom is -0.342 e. The predicted octanol–water partition coefficient (Wildman–Crippen LogP) is 3.95. The molecule has 3 nitrogen and oxygen atoms in total. The summed E-state index contributed by atoms with van der Waals surface area (Å²) in [4.78, 5) is 12.7. The Hall–Kier alpha value is -1.29. The highest BCUT2D eigenvalue weighted by molar-refractivity contribution is 6.42. The van der Waals surface area contributed by atoms with E-state index < -0.39 is 0 Å². The Kier molecular flexibility index (Phi) is 4.34. The second kappa shape index (κ2) is 6.22. The summed E-state index contributed by atoms with van der Waals surface area (Å²) in [6.07, 6.45) is 4.06. The van der Waals surface area contributed by atoms with Crippen LogP contribution in [0.15, 0.2) is 36.5 Å². The summed E-state index contributed by atoms with van der Waals surface area (Å²) < 4.78 is 2.09. The van der Waals surface area contributed by atoms with Crippen molar-refractivity contribution in [3.63, 3.8) is 0 Å². The molecule has 1 aromatic heterocycles. The van der Waals surface area contributed by atoms with Gasteiger partial charge in [0.1, 0.15) is 0 Å². The van der Waals surface area contributed by atoms with Crippen LogP contribution in [0.5, 0.6) is 0 Å². The van der Waals surface area contributed by atoms with Crippen molar-refractivity contribution >= 4 is 29.0 Å². The lowest BCUT2D eigenvalue weighted by Gasteiger charge is -2.25. The molecule has 5 heteroatoms. The van der Waals surface area contributed by atoms with Crippen molar-refractivity contribution in [1.29, 1.82) is 0 Å². The van der Waals surface area contributed by atoms with Gasteiger partial charge in [0.25, 0.3) is 0 Å². The lowest BCUT2D eigenvalue weighted by Crippen LogP contribution is -2.30. The molecule has 21 heavy (non-hydrogen) atoms. The van der Waals surface area contributed by atoms with Gasteiger partial charge in [-0.3, -0.25) is 4.79 Å². The van der Waals surface area contributed by atoms with Crippen molar-refractivity contribution in [2.24, 2.45) is 0 Å². The molecule has 0 spiro atoms. The lowest BCUT2D eigenvalue weighted by atomic mass is 10.0. The molecule has 0 unspecified atom stereocenters. The van der Waals surface area contributed by atoms with E-state index in [9.17, 15) is 4.79 Å². The van der Waals surface area contributed by atoms with E-state index in [1.54, 1.807) is 18.2 Å². The number of ketones is 1.